The number of benzene rings is 2. The maximum Gasteiger partial charge on any atom is 0.324 e. The standard InChI is InChI=1S/C23H22N4O3S/c28-21(25-18-11-5-4-10-17(18)22(29)27-14-6-7-15-27)19-12-13-20(31-19)26-23(30)24-16-8-2-1-3-9-16/h1-5,8-13H,6-7,14-15H2,(H,25,28)(H2,24,26,30). The van der Waals surface area contributed by atoms with Gasteiger partial charge in [0.1, 0.15) is 0 Å². The van der Waals surface area contributed by atoms with Crippen LogP contribution >= 0.6 is 11.3 Å². The Morgan fingerprint density at radius 2 is 1.48 bits per heavy atom. The lowest BCUT2D eigenvalue weighted by molar-refractivity contribution is 0.0794. The van der Waals surface area contributed by atoms with Crippen molar-refractivity contribution >= 4 is 45.6 Å². The van der Waals surface area contributed by atoms with Crippen molar-refractivity contribution in [1.29, 1.82) is 0 Å². The van der Waals surface area contributed by atoms with E-state index in [0.29, 0.717) is 26.8 Å². The number of carbonyl (C=O) groups is 3. The third-order valence-corrected chi connectivity index (χ3v) is 5.90. The van der Waals surface area contributed by atoms with Gasteiger partial charge in [-0.05, 0) is 49.2 Å². The molecule has 2 heterocycles. The molecule has 0 aliphatic carbocycles. The first-order chi connectivity index (χ1) is 15.1. The second-order valence-corrected chi connectivity index (χ2v) is 8.19. The third kappa shape index (κ3) is 5.10. The number of urea groups is 1. The predicted octanol–water partition coefficient (Wildman–Crippen LogP) is 4.88. The summed E-state index contributed by atoms with van der Waals surface area (Å²) in [6, 6.07) is 19.0. The lowest BCUT2D eigenvalue weighted by atomic mass is 10.1. The first-order valence-corrected chi connectivity index (χ1v) is 10.8. The fourth-order valence-corrected chi connectivity index (χ4v) is 4.17. The summed E-state index contributed by atoms with van der Waals surface area (Å²) < 4.78 is 0. The van der Waals surface area contributed by atoms with Crippen LogP contribution in [0.25, 0.3) is 0 Å². The average Bonchev–Trinajstić information content (AvgIpc) is 3.47. The molecule has 1 saturated heterocycles. The molecule has 2 aromatic carbocycles. The number of hydrogen-bond donors (Lipinski definition) is 3. The molecule has 7 nitrogen and oxygen atoms in total. The lowest BCUT2D eigenvalue weighted by Gasteiger charge is -2.17. The molecule has 3 N–H and O–H groups in total. The number of para-hydroxylation sites is 2. The summed E-state index contributed by atoms with van der Waals surface area (Å²) in [4.78, 5) is 39.9. The molecule has 3 aromatic rings. The quantitative estimate of drug-likeness (QED) is 0.534. The smallest absolute Gasteiger partial charge is 0.324 e. The molecule has 0 saturated carbocycles. The van der Waals surface area contributed by atoms with Crippen LogP contribution in [-0.4, -0.2) is 35.8 Å². The minimum Gasteiger partial charge on any atom is -0.339 e. The molecule has 0 radical (unpaired) electrons. The van der Waals surface area contributed by atoms with Gasteiger partial charge in [-0.3, -0.25) is 14.9 Å². The van der Waals surface area contributed by atoms with Gasteiger partial charge >= 0.3 is 6.03 Å². The third-order valence-electron chi connectivity index (χ3n) is 4.90. The summed E-state index contributed by atoms with van der Waals surface area (Å²) in [5.74, 6) is -0.400. The second-order valence-electron chi connectivity index (χ2n) is 7.11. The molecule has 1 fully saturated rings. The summed E-state index contributed by atoms with van der Waals surface area (Å²) in [5, 5.41) is 8.83. The monoisotopic (exact) mass is 434 g/mol. The first-order valence-electron chi connectivity index (χ1n) is 10.0. The van der Waals surface area contributed by atoms with E-state index in [2.05, 4.69) is 16.0 Å². The molecule has 4 rings (SSSR count). The summed E-state index contributed by atoms with van der Waals surface area (Å²) in [6.45, 7) is 1.48. The zero-order valence-electron chi connectivity index (χ0n) is 16.8. The molecule has 4 amide bonds. The normalized spacial score (nSPS) is 13.0. The van der Waals surface area contributed by atoms with Crippen LogP contribution in [0.15, 0.2) is 66.7 Å². The maximum atomic E-state index is 12.8. The van der Waals surface area contributed by atoms with Gasteiger partial charge in [-0.2, -0.15) is 0 Å². The van der Waals surface area contributed by atoms with Crippen LogP contribution in [0.5, 0.6) is 0 Å². The van der Waals surface area contributed by atoms with Crippen molar-refractivity contribution in [2.45, 2.75) is 12.8 Å². The van der Waals surface area contributed by atoms with Crippen molar-refractivity contribution in [2.24, 2.45) is 0 Å². The fraction of sp³-hybridized carbons (Fsp3) is 0.174. The minimum absolute atomic E-state index is 0.0699. The van der Waals surface area contributed by atoms with Crippen molar-refractivity contribution in [3.63, 3.8) is 0 Å². The van der Waals surface area contributed by atoms with Crippen LogP contribution in [0.1, 0.15) is 32.9 Å². The predicted molar refractivity (Wildman–Crippen MR) is 123 cm³/mol. The van der Waals surface area contributed by atoms with Gasteiger partial charge in [0.25, 0.3) is 11.8 Å². The van der Waals surface area contributed by atoms with E-state index in [9.17, 15) is 14.4 Å². The second kappa shape index (κ2) is 9.44. The van der Waals surface area contributed by atoms with E-state index in [-0.39, 0.29) is 17.8 Å². The average molecular weight is 435 g/mol. The topological polar surface area (TPSA) is 90.5 Å². The van der Waals surface area contributed by atoms with Crippen molar-refractivity contribution in [3.05, 3.63) is 77.2 Å². The molecule has 1 aliphatic heterocycles. The molecule has 0 unspecified atom stereocenters. The summed E-state index contributed by atoms with van der Waals surface area (Å²) in [5.41, 5.74) is 1.64. The summed E-state index contributed by atoms with van der Waals surface area (Å²) in [7, 11) is 0. The number of rotatable bonds is 5. The minimum atomic E-state index is -0.387. The van der Waals surface area contributed by atoms with Crippen molar-refractivity contribution in [2.75, 3.05) is 29.0 Å². The Balaban J connectivity index is 1.40. The summed E-state index contributed by atoms with van der Waals surface area (Å²) in [6.07, 6.45) is 2.01. The van der Waals surface area contributed by atoms with E-state index < -0.39 is 0 Å². The Morgan fingerprint density at radius 3 is 2.26 bits per heavy atom. The van der Waals surface area contributed by atoms with Gasteiger partial charge in [-0.15, -0.1) is 11.3 Å². The highest BCUT2D eigenvalue weighted by Crippen LogP contribution is 2.25. The zero-order valence-corrected chi connectivity index (χ0v) is 17.6. The Morgan fingerprint density at radius 1 is 0.774 bits per heavy atom. The number of thiophene rings is 1. The molecule has 1 aromatic heterocycles. The number of likely N-dealkylation sites (tertiary alicyclic amines) is 1. The van der Waals surface area contributed by atoms with E-state index in [4.69, 9.17) is 0 Å². The largest absolute Gasteiger partial charge is 0.339 e. The molecular weight excluding hydrogens is 412 g/mol. The van der Waals surface area contributed by atoms with E-state index in [1.54, 1.807) is 48.5 Å². The van der Waals surface area contributed by atoms with Gasteiger partial charge in [0.15, 0.2) is 0 Å². The lowest BCUT2D eigenvalue weighted by Crippen LogP contribution is -2.28. The number of nitrogens with zero attached hydrogens (tertiary/aromatic N) is 1. The number of amides is 4. The van der Waals surface area contributed by atoms with Crippen molar-refractivity contribution in [1.82, 2.24) is 4.90 Å². The Hall–Kier alpha value is -3.65. The van der Waals surface area contributed by atoms with Gasteiger partial charge in [0.2, 0.25) is 0 Å². The molecule has 0 spiro atoms. The summed E-state index contributed by atoms with van der Waals surface area (Å²) >= 11 is 1.16. The van der Waals surface area contributed by atoms with Crippen molar-refractivity contribution in [3.8, 4) is 0 Å². The van der Waals surface area contributed by atoms with Crippen LogP contribution in [0.3, 0.4) is 0 Å². The van der Waals surface area contributed by atoms with E-state index in [1.165, 1.54) is 0 Å². The van der Waals surface area contributed by atoms with Crippen molar-refractivity contribution < 1.29 is 14.4 Å². The van der Waals surface area contributed by atoms with Gasteiger partial charge in [-0.1, -0.05) is 30.3 Å². The zero-order chi connectivity index (χ0) is 21.6. The van der Waals surface area contributed by atoms with Crippen LogP contribution in [0, 0.1) is 0 Å². The van der Waals surface area contributed by atoms with Crippen LogP contribution in [0.4, 0.5) is 21.2 Å². The Kier molecular flexibility index (Phi) is 6.28. The van der Waals surface area contributed by atoms with Gasteiger partial charge in [0.05, 0.1) is 21.1 Å². The maximum absolute atomic E-state index is 12.8. The molecule has 8 heteroatoms. The molecule has 31 heavy (non-hydrogen) atoms. The number of nitrogens with one attached hydrogen (secondary N) is 3. The van der Waals surface area contributed by atoms with Gasteiger partial charge in [0, 0.05) is 18.8 Å². The Labute approximate surface area is 184 Å². The number of anilines is 3. The van der Waals surface area contributed by atoms with E-state index >= 15 is 0 Å². The SMILES string of the molecule is O=C(Nc1ccccc1)Nc1ccc(C(=O)Nc2ccccc2C(=O)N2CCCC2)s1. The van der Waals surface area contributed by atoms with Gasteiger partial charge in [-0.25, -0.2) is 4.79 Å². The Bertz CT molecular complexity index is 1090. The van der Waals surface area contributed by atoms with E-state index in [0.717, 1.165) is 37.3 Å². The van der Waals surface area contributed by atoms with E-state index in [1.807, 2.05) is 23.1 Å². The van der Waals surface area contributed by atoms with Crippen LogP contribution in [0.2, 0.25) is 0 Å². The van der Waals surface area contributed by atoms with Crippen LogP contribution in [-0.2, 0) is 0 Å². The number of hydrogen-bond acceptors (Lipinski definition) is 4. The highest BCUT2D eigenvalue weighted by molar-refractivity contribution is 7.18. The van der Waals surface area contributed by atoms with Gasteiger partial charge < -0.3 is 15.5 Å². The highest BCUT2D eigenvalue weighted by atomic mass is 32.1. The molecular formula is C23H22N4O3S. The molecule has 0 bridgehead atoms. The number of carbonyl (C=O) groups excluding carboxylic acids is 3. The molecule has 1 aliphatic rings. The highest BCUT2D eigenvalue weighted by Gasteiger charge is 2.22. The fourth-order valence-electron chi connectivity index (χ4n) is 3.38. The van der Waals surface area contributed by atoms with Crippen LogP contribution < -0.4 is 16.0 Å². The molecule has 158 valence electrons. The molecule has 0 atom stereocenters. The first kappa shape index (κ1) is 20.6.